The van der Waals surface area contributed by atoms with Gasteiger partial charge in [0.1, 0.15) is 22.7 Å². The number of Topliss-reactive ketones (excluding diaryl/α,β-unsaturated/α-hetero) is 1. The minimum absolute atomic E-state index is 0. The van der Waals surface area contributed by atoms with Gasteiger partial charge in [-0.3, -0.25) is 14.6 Å². The van der Waals surface area contributed by atoms with Crippen molar-refractivity contribution in [3.63, 3.8) is 0 Å². The van der Waals surface area contributed by atoms with Gasteiger partial charge < -0.3 is 19.8 Å². The molecule has 0 bridgehead atoms. The van der Waals surface area contributed by atoms with Crippen molar-refractivity contribution >= 4 is 57.2 Å². The Morgan fingerprint density at radius 2 is 1.40 bits per heavy atom. The van der Waals surface area contributed by atoms with Gasteiger partial charge in [0.2, 0.25) is 11.6 Å². The first-order valence-electron chi connectivity index (χ1n) is 9.46. The normalized spacial score (nSPS) is 18.8. The molecule has 148 valence electrons. The molecule has 7 nitrogen and oxygen atoms in total. The minimum Gasteiger partial charge on any atom is -0.506 e. The number of carbonyl (C=O) groups excluding carboxylic acids is 2. The molecule has 3 fully saturated rings. The molecule has 1 aliphatic carbocycles. The smallest absolute Gasteiger partial charge is 0.227 e. The number of phenolic OH excluding ortho intramolecular Hbond substituents is 1. The predicted molar refractivity (Wildman–Crippen MR) is 115 cm³/mol. The topological polar surface area (TPSA) is 76.3 Å². The minimum atomic E-state index is 0. The van der Waals surface area contributed by atoms with Crippen LogP contribution in [-0.2, 0) is 9.59 Å². The number of carbonyl (C=O) groups is 2. The highest BCUT2D eigenvalue weighted by Crippen LogP contribution is 2.33. The molecule has 1 aromatic heterocycles. The lowest BCUT2D eigenvalue weighted by Crippen LogP contribution is -2.29. The van der Waals surface area contributed by atoms with Crippen molar-refractivity contribution in [3.05, 3.63) is 59.7 Å². The third-order valence-corrected chi connectivity index (χ3v) is 5.10. The van der Waals surface area contributed by atoms with Crippen molar-refractivity contribution in [2.45, 2.75) is 0 Å². The van der Waals surface area contributed by atoms with Crippen LogP contribution in [0, 0.1) is 0 Å². The van der Waals surface area contributed by atoms with E-state index in [4.69, 9.17) is 0 Å². The van der Waals surface area contributed by atoms with Crippen LogP contribution in [0.5, 0.6) is 5.75 Å². The Balaban J connectivity index is 0.000000174. The van der Waals surface area contributed by atoms with Crippen LogP contribution in [0.25, 0.3) is 10.9 Å². The summed E-state index contributed by atoms with van der Waals surface area (Å²) >= 11 is 0. The number of ketones is 2. The van der Waals surface area contributed by atoms with E-state index in [1.165, 1.54) is 6.08 Å². The molecule has 0 atom stereocenters. The van der Waals surface area contributed by atoms with Crippen LogP contribution in [0.2, 0.25) is 0 Å². The maximum atomic E-state index is 12.4. The van der Waals surface area contributed by atoms with E-state index in [9.17, 15) is 14.7 Å². The first kappa shape index (κ1) is 22.4. The van der Waals surface area contributed by atoms with Crippen LogP contribution >= 0.6 is 0 Å². The standard InChI is InChI=1S/C12H13N3O2.C9H7NO.2Al/c16-9-7-8(13-1-2-13)12(17)11(15-5-6-15)10(9)14-3-4-14;11-8-5-1-3-7-4-2-6-10-9(7)8;;/h7H,1-6H2;1-6,11H;;. The van der Waals surface area contributed by atoms with Crippen LogP contribution in [0.1, 0.15) is 0 Å². The summed E-state index contributed by atoms with van der Waals surface area (Å²) in [6, 6.07) is 9.13. The molecule has 1 aromatic carbocycles. The molecule has 0 unspecified atom stereocenters. The molecule has 6 rings (SSSR count). The summed E-state index contributed by atoms with van der Waals surface area (Å²) in [4.78, 5) is 34.5. The number of benzene rings is 1. The highest BCUT2D eigenvalue weighted by Gasteiger charge is 2.43. The Morgan fingerprint density at radius 3 is 2.00 bits per heavy atom. The number of pyridine rings is 1. The van der Waals surface area contributed by atoms with E-state index in [1.807, 2.05) is 32.9 Å². The summed E-state index contributed by atoms with van der Waals surface area (Å²) in [6.07, 6.45) is 3.19. The number of hydrogen-bond donors (Lipinski definition) is 1. The van der Waals surface area contributed by atoms with Gasteiger partial charge in [-0.15, -0.1) is 0 Å². The molecule has 3 aliphatic heterocycles. The average molecular weight is 430 g/mol. The van der Waals surface area contributed by atoms with E-state index in [0.717, 1.165) is 44.7 Å². The summed E-state index contributed by atoms with van der Waals surface area (Å²) in [5.41, 5.74) is 2.55. The summed E-state index contributed by atoms with van der Waals surface area (Å²) in [7, 11) is 0. The van der Waals surface area contributed by atoms with Crippen molar-refractivity contribution in [1.29, 1.82) is 0 Å². The van der Waals surface area contributed by atoms with Crippen molar-refractivity contribution in [2.75, 3.05) is 39.3 Å². The second-order valence-corrected chi connectivity index (χ2v) is 7.23. The van der Waals surface area contributed by atoms with Crippen molar-refractivity contribution in [3.8, 4) is 5.75 Å². The van der Waals surface area contributed by atoms with Gasteiger partial charge in [-0.1, -0.05) is 18.2 Å². The van der Waals surface area contributed by atoms with Gasteiger partial charge in [-0.05, 0) is 12.1 Å². The second-order valence-electron chi connectivity index (χ2n) is 7.23. The molecule has 6 radical (unpaired) electrons. The molecule has 2 aromatic rings. The van der Waals surface area contributed by atoms with Gasteiger partial charge in [-0.25, -0.2) is 0 Å². The third-order valence-electron chi connectivity index (χ3n) is 5.10. The molecular weight excluding hydrogens is 410 g/mol. The van der Waals surface area contributed by atoms with Gasteiger partial charge >= 0.3 is 0 Å². The highest BCUT2D eigenvalue weighted by atomic mass is 27.0. The molecule has 0 spiro atoms. The first-order valence-corrected chi connectivity index (χ1v) is 9.46. The summed E-state index contributed by atoms with van der Waals surface area (Å²) in [5, 5.41) is 10.3. The maximum absolute atomic E-state index is 12.4. The van der Waals surface area contributed by atoms with E-state index in [2.05, 4.69) is 4.98 Å². The van der Waals surface area contributed by atoms with Crippen LogP contribution in [0.3, 0.4) is 0 Å². The van der Waals surface area contributed by atoms with Crippen molar-refractivity contribution in [2.24, 2.45) is 0 Å². The van der Waals surface area contributed by atoms with Crippen LogP contribution in [0.4, 0.5) is 0 Å². The Bertz CT molecular complexity index is 1050. The Hall–Kier alpha value is -2.29. The highest BCUT2D eigenvalue weighted by molar-refractivity contribution is 6.22. The molecule has 0 saturated carbocycles. The fraction of sp³-hybridized carbons (Fsp3) is 0.286. The van der Waals surface area contributed by atoms with Gasteiger partial charge in [0.25, 0.3) is 0 Å². The third kappa shape index (κ3) is 4.40. The first-order chi connectivity index (χ1) is 13.6. The average Bonchev–Trinajstić information content (AvgIpc) is 3.57. The Kier molecular flexibility index (Phi) is 6.60. The van der Waals surface area contributed by atoms with E-state index in [0.29, 0.717) is 22.6 Å². The number of phenols is 1. The zero-order valence-electron chi connectivity index (χ0n) is 16.5. The molecule has 4 aliphatic rings. The number of rotatable bonds is 3. The number of hydrogen-bond acceptors (Lipinski definition) is 7. The summed E-state index contributed by atoms with van der Waals surface area (Å²) in [5.74, 6) is 0.288. The lowest BCUT2D eigenvalue weighted by Gasteiger charge is -2.21. The molecular formula is C21H20Al2N4O3. The molecule has 1 N–H and O–H groups in total. The lowest BCUT2D eigenvalue weighted by atomic mass is 10.0. The Labute approximate surface area is 195 Å². The zero-order chi connectivity index (χ0) is 19.3. The largest absolute Gasteiger partial charge is 0.506 e. The van der Waals surface area contributed by atoms with Gasteiger partial charge in [0.05, 0.1) is 5.70 Å². The number of aromatic hydroxyl groups is 1. The zero-order valence-corrected chi connectivity index (χ0v) is 18.8. The monoisotopic (exact) mass is 430 g/mol. The van der Waals surface area contributed by atoms with Gasteiger partial charge in [0, 0.05) is 91.6 Å². The number of aromatic nitrogens is 1. The summed E-state index contributed by atoms with van der Waals surface area (Å²) in [6.45, 7) is 5.41. The molecule has 30 heavy (non-hydrogen) atoms. The number of allylic oxidation sites excluding steroid dienone is 1. The fourth-order valence-electron chi connectivity index (χ4n) is 3.36. The number of fused-ring (bicyclic) bond motifs is 1. The van der Waals surface area contributed by atoms with Crippen LogP contribution < -0.4 is 0 Å². The van der Waals surface area contributed by atoms with Gasteiger partial charge in [-0.2, -0.15) is 0 Å². The Morgan fingerprint density at radius 1 is 0.800 bits per heavy atom. The maximum Gasteiger partial charge on any atom is 0.227 e. The van der Waals surface area contributed by atoms with Crippen LogP contribution in [-0.4, -0.2) is 110 Å². The second kappa shape index (κ2) is 8.84. The molecule has 4 heterocycles. The molecule has 3 saturated heterocycles. The lowest BCUT2D eigenvalue weighted by molar-refractivity contribution is -0.117. The van der Waals surface area contributed by atoms with E-state index in [1.54, 1.807) is 18.3 Å². The van der Waals surface area contributed by atoms with Crippen molar-refractivity contribution < 1.29 is 14.7 Å². The van der Waals surface area contributed by atoms with E-state index < -0.39 is 0 Å². The molecule has 9 heteroatoms. The number of para-hydroxylation sites is 1. The quantitative estimate of drug-likeness (QED) is 0.428. The van der Waals surface area contributed by atoms with Crippen molar-refractivity contribution in [1.82, 2.24) is 19.7 Å². The number of nitrogens with zero attached hydrogens (tertiary/aromatic N) is 4. The van der Waals surface area contributed by atoms with E-state index >= 15 is 0 Å². The van der Waals surface area contributed by atoms with Crippen LogP contribution in [0.15, 0.2) is 59.7 Å². The van der Waals surface area contributed by atoms with Gasteiger partial charge in [0.15, 0.2) is 0 Å². The predicted octanol–water partition coefficient (Wildman–Crippen LogP) is 0.359. The fourth-order valence-corrected chi connectivity index (χ4v) is 3.36. The SMILES string of the molecule is O=C1C=C(N2CC2)C(=O)C(N2CC2)=C1N1CC1.Oc1cccc2cccnc12.[Al].[Al]. The summed E-state index contributed by atoms with van der Waals surface area (Å²) < 4.78 is 0. The molecule has 0 amide bonds. The van der Waals surface area contributed by atoms with E-state index in [-0.39, 0.29) is 52.0 Å².